The normalized spacial score (nSPS) is 9.75. The quantitative estimate of drug-likeness (QED) is 0.789. The number of benzene rings is 1. The monoisotopic (exact) mass is 278 g/mol. The van der Waals surface area contributed by atoms with Crippen LogP contribution in [-0.2, 0) is 14.3 Å². The number of ether oxygens (including phenoxy) is 1. The molecule has 0 fully saturated rings. The van der Waals surface area contributed by atoms with Crippen LogP contribution in [0.1, 0.15) is 15.9 Å². The van der Waals surface area contributed by atoms with Gasteiger partial charge in [-0.15, -0.1) is 0 Å². The molecular formula is C14H18N2O4. The maximum Gasteiger partial charge on any atom is 0.325 e. The highest BCUT2D eigenvalue weighted by Gasteiger charge is 2.14. The van der Waals surface area contributed by atoms with Crippen molar-refractivity contribution in [1.29, 1.82) is 0 Å². The molecule has 0 atom stereocenters. The first-order valence-electron chi connectivity index (χ1n) is 6.09. The second-order valence-electron chi connectivity index (χ2n) is 4.38. The lowest BCUT2D eigenvalue weighted by molar-refractivity contribution is -0.145. The molecule has 0 aromatic heterocycles. The molecule has 0 spiro atoms. The van der Waals surface area contributed by atoms with Crippen molar-refractivity contribution in [1.82, 2.24) is 10.2 Å². The Bertz CT molecular complexity index is 514. The topological polar surface area (TPSA) is 75.7 Å². The molecule has 0 heterocycles. The third kappa shape index (κ3) is 4.72. The summed E-state index contributed by atoms with van der Waals surface area (Å²) in [5, 5.41) is 2.52. The fourth-order valence-electron chi connectivity index (χ4n) is 1.53. The first-order valence-corrected chi connectivity index (χ1v) is 6.09. The summed E-state index contributed by atoms with van der Waals surface area (Å²) < 4.78 is 4.46. The van der Waals surface area contributed by atoms with Crippen LogP contribution in [0.4, 0.5) is 0 Å². The Balaban J connectivity index is 2.48. The van der Waals surface area contributed by atoms with Gasteiger partial charge in [0.15, 0.2) is 0 Å². The van der Waals surface area contributed by atoms with Crippen molar-refractivity contribution in [3.05, 3.63) is 35.4 Å². The van der Waals surface area contributed by atoms with E-state index in [4.69, 9.17) is 0 Å². The molecule has 20 heavy (non-hydrogen) atoms. The van der Waals surface area contributed by atoms with Gasteiger partial charge in [-0.2, -0.15) is 0 Å². The standard InChI is InChI=1S/C14H18N2O4/c1-10-5-4-6-11(7-10)14(19)15-8-12(17)16(2)9-13(18)20-3/h4-7H,8-9H2,1-3H3,(H,15,19). The molecule has 0 saturated heterocycles. The lowest BCUT2D eigenvalue weighted by atomic mass is 10.1. The van der Waals surface area contributed by atoms with Crippen molar-refractivity contribution < 1.29 is 19.1 Å². The lowest BCUT2D eigenvalue weighted by Gasteiger charge is -2.15. The van der Waals surface area contributed by atoms with Crippen LogP contribution in [0, 0.1) is 6.92 Å². The predicted molar refractivity (Wildman–Crippen MR) is 73.2 cm³/mol. The highest BCUT2D eigenvalue weighted by molar-refractivity contribution is 5.96. The molecule has 0 aliphatic heterocycles. The van der Waals surface area contributed by atoms with E-state index in [0.717, 1.165) is 5.56 Å². The molecule has 0 bridgehead atoms. The van der Waals surface area contributed by atoms with Crippen LogP contribution in [0.2, 0.25) is 0 Å². The number of rotatable bonds is 5. The van der Waals surface area contributed by atoms with Gasteiger partial charge in [-0.1, -0.05) is 17.7 Å². The number of aryl methyl sites for hydroxylation is 1. The molecule has 0 saturated carbocycles. The number of carbonyl (C=O) groups is 3. The van der Waals surface area contributed by atoms with Crippen LogP contribution in [0.3, 0.4) is 0 Å². The molecule has 6 nitrogen and oxygen atoms in total. The molecule has 108 valence electrons. The second-order valence-corrected chi connectivity index (χ2v) is 4.38. The van der Waals surface area contributed by atoms with E-state index in [-0.39, 0.29) is 24.9 Å². The van der Waals surface area contributed by atoms with Gasteiger partial charge in [-0.25, -0.2) is 0 Å². The number of nitrogens with one attached hydrogen (secondary N) is 1. The number of carbonyl (C=O) groups excluding carboxylic acids is 3. The molecule has 0 radical (unpaired) electrons. The van der Waals surface area contributed by atoms with Crippen LogP contribution in [0.25, 0.3) is 0 Å². The number of amides is 2. The number of likely N-dealkylation sites (N-methyl/N-ethyl adjacent to an activating group) is 1. The summed E-state index contributed by atoms with van der Waals surface area (Å²) in [5.74, 6) is -1.20. The highest BCUT2D eigenvalue weighted by Crippen LogP contribution is 2.03. The first-order chi connectivity index (χ1) is 9.43. The van der Waals surface area contributed by atoms with Crippen LogP contribution in [0.15, 0.2) is 24.3 Å². The van der Waals surface area contributed by atoms with Crippen molar-refractivity contribution >= 4 is 17.8 Å². The number of nitrogens with zero attached hydrogens (tertiary/aromatic N) is 1. The molecule has 0 aliphatic carbocycles. The minimum atomic E-state index is -0.508. The molecule has 1 rings (SSSR count). The summed E-state index contributed by atoms with van der Waals surface area (Å²) in [6.07, 6.45) is 0. The van der Waals surface area contributed by atoms with Crippen LogP contribution in [0.5, 0.6) is 0 Å². The summed E-state index contributed by atoms with van der Waals surface area (Å²) in [4.78, 5) is 35.7. The van der Waals surface area contributed by atoms with Gasteiger partial charge in [0.25, 0.3) is 5.91 Å². The molecule has 6 heteroatoms. The van der Waals surface area contributed by atoms with Gasteiger partial charge in [-0.05, 0) is 19.1 Å². The molecule has 1 N–H and O–H groups in total. The van der Waals surface area contributed by atoms with Crippen molar-refractivity contribution in [3.8, 4) is 0 Å². The fraction of sp³-hybridized carbons (Fsp3) is 0.357. The minimum Gasteiger partial charge on any atom is -0.468 e. The Morgan fingerprint density at radius 1 is 1.30 bits per heavy atom. The molecule has 2 amide bonds. The Morgan fingerprint density at radius 2 is 2.00 bits per heavy atom. The van der Waals surface area contributed by atoms with E-state index in [1.165, 1.54) is 19.1 Å². The third-order valence-electron chi connectivity index (χ3n) is 2.70. The number of methoxy groups -OCH3 is 1. The van der Waals surface area contributed by atoms with Crippen molar-refractivity contribution in [2.24, 2.45) is 0 Å². The summed E-state index contributed by atoms with van der Waals surface area (Å²) in [7, 11) is 2.72. The number of hydrogen-bond acceptors (Lipinski definition) is 4. The van der Waals surface area contributed by atoms with Crippen LogP contribution in [-0.4, -0.2) is 49.9 Å². The zero-order valence-corrected chi connectivity index (χ0v) is 11.8. The molecule has 1 aromatic carbocycles. The summed E-state index contributed by atoms with van der Waals surface area (Å²) in [5.41, 5.74) is 1.46. The fourth-order valence-corrected chi connectivity index (χ4v) is 1.53. The first kappa shape index (κ1) is 15.7. The van der Waals surface area contributed by atoms with Gasteiger partial charge in [0.05, 0.1) is 13.7 Å². The number of hydrogen-bond donors (Lipinski definition) is 1. The second kappa shape index (κ2) is 7.28. The van der Waals surface area contributed by atoms with E-state index in [1.54, 1.807) is 18.2 Å². The van der Waals surface area contributed by atoms with Crippen LogP contribution < -0.4 is 5.32 Å². The SMILES string of the molecule is COC(=O)CN(C)C(=O)CNC(=O)c1cccc(C)c1. The van der Waals surface area contributed by atoms with Gasteiger partial charge in [0.1, 0.15) is 6.54 Å². The molecule has 0 aliphatic rings. The predicted octanol–water partition coefficient (Wildman–Crippen LogP) is 0.356. The van der Waals surface area contributed by atoms with Gasteiger partial charge < -0.3 is 15.0 Å². The van der Waals surface area contributed by atoms with Gasteiger partial charge in [-0.3, -0.25) is 14.4 Å². The Hall–Kier alpha value is -2.37. The van der Waals surface area contributed by atoms with Crippen LogP contribution >= 0.6 is 0 Å². The smallest absolute Gasteiger partial charge is 0.325 e. The minimum absolute atomic E-state index is 0.143. The van der Waals surface area contributed by atoms with E-state index >= 15 is 0 Å². The Labute approximate surface area is 117 Å². The molecule has 1 aromatic rings. The summed E-state index contributed by atoms with van der Waals surface area (Å²) in [6.45, 7) is 1.57. The molecular weight excluding hydrogens is 260 g/mol. The van der Waals surface area contributed by atoms with Crippen molar-refractivity contribution in [2.75, 3.05) is 27.2 Å². The largest absolute Gasteiger partial charge is 0.468 e. The zero-order chi connectivity index (χ0) is 15.1. The Kier molecular flexibility index (Phi) is 5.71. The van der Waals surface area contributed by atoms with Gasteiger partial charge in [0.2, 0.25) is 5.91 Å². The van der Waals surface area contributed by atoms with Gasteiger partial charge >= 0.3 is 5.97 Å². The summed E-state index contributed by atoms with van der Waals surface area (Å²) in [6, 6.07) is 7.06. The van der Waals surface area contributed by atoms with Crippen molar-refractivity contribution in [2.45, 2.75) is 6.92 Å². The van der Waals surface area contributed by atoms with Gasteiger partial charge in [0, 0.05) is 12.6 Å². The summed E-state index contributed by atoms with van der Waals surface area (Å²) >= 11 is 0. The van der Waals surface area contributed by atoms with E-state index in [1.807, 2.05) is 13.0 Å². The van der Waals surface area contributed by atoms with E-state index in [9.17, 15) is 14.4 Å². The van der Waals surface area contributed by atoms with E-state index in [0.29, 0.717) is 5.56 Å². The lowest BCUT2D eigenvalue weighted by Crippen LogP contribution is -2.40. The van der Waals surface area contributed by atoms with E-state index in [2.05, 4.69) is 10.1 Å². The average molecular weight is 278 g/mol. The van der Waals surface area contributed by atoms with E-state index < -0.39 is 5.97 Å². The highest BCUT2D eigenvalue weighted by atomic mass is 16.5. The third-order valence-corrected chi connectivity index (χ3v) is 2.70. The average Bonchev–Trinajstić information content (AvgIpc) is 2.43. The Morgan fingerprint density at radius 3 is 2.60 bits per heavy atom. The number of esters is 1. The molecule has 0 unspecified atom stereocenters. The maximum absolute atomic E-state index is 11.8. The van der Waals surface area contributed by atoms with Crippen molar-refractivity contribution in [3.63, 3.8) is 0 Å². The maximum atomic E-state index is 11.8. The zero-order valence-electron chi connectivity index (χ0n) is 11.8.